The number of allylic oxidation sites excluding steroid dienone is 1. The number of nitrogens with two attached hydrogens (primary N) is 1. The molecule has 0 bridgehead atoms. The van der Waals surface area contributed by atoms with Crippen LogP contribution in [-0.2, 0) is 17.7 Å². The summed E-state index contributed by atoms with van der Waals surface area (Å²) in [4.78, 5) is 13.0. The molecule has 134 valence electrons. The van der Waals surface area contributed by atoms with Gasteiger partial charge in [-0.15, -0.1) is 0 Å². The first-order valence-electron chi connectivity index (χ1n) is 8.14. The molecule has 2 aromatic rings. The summed E-state index contributed by atoms with van der Waals surface area (Å²) < 4.78 is 7.54. The maximum atomic E-state index is 9.33. The summed E-state index contributed by atoms with van der Waals surface area (Å²) in [6.45, 7) is 4.65. The molecule has 25 heavy (non-hydrogen) atoms. The SMILES string of the molecule is COC1C(C)=C(Cn2cc(CCO)c3c(Cl)nc(N)nc32)N=CC1C. The number of nitrogens with zero attached hydrogens (tertiary/aromatic N) is 4. The largest absolute Gasteiger partial charge is 0.396 e. The fourth-order valence-electron chi connectivity index (χ4n) is 3.33. The normalized spacial score (nSPS) is 20.7. The summed E-state index contributed by atoms with van der Waals surface area (Å²) in [6.07, 6.45) is 4.31. The van der Waals surface area contributed by atoms with E-state index in [9.17, 15) is 5.11 Å². The van der Waals surface area contributed by atoms with Gasteiger partial charge < -0.3 is 20.1 Å². The molecule has 3 rings (SSSR count). The Bertz CT molecular complexity index is 858. The number of aliphatic hydroxyl groups excluding tert-OH is 1. The zero-order valence-corrected chi connectivity index (χ0v) is 15.3. The second-order valence-corrected chi connectivity index (χ2v) is 6.61. The highest BCUT2D eigenvalue weighted by molar-refractivity contribution is 6.34. The molecule has 1 aliphatic heterocycles. The van der Waals surface area contributed by atoms with Gasteiger partial charge >= 0.3 is 0 Å². The van der Waals surface area contributed by atoms with Crippen LogP contribution in [0.15, 0.2) is 22.5 Å². The van der Waals surface area contributed by atoms with Gasteiger partial charge in [0.25, 0.3) is 0 Å². The lowest BCUT2D eigenvalue weighted by molar-refractivity contribution is 0.108. The Hall–Kier alpha value is -1.96. The molecule has 0 spiro atoms. The summed E-state index contributed by atoms with van der Waals surface area (Å²) in [5, 5.41) is 10.3. The van der Waals surface area contributed by atoms with Crippen LogP contribution in [-0.4, -0.2) is 45.7 Å². The standard InChI is InChI=1S/C17H22ClN5O2/c1-9-6-20-12(10(2)14(9)25-3)8-23-7-11(4-5-24)13-15(18)21-17(19)22-16(13)23/h6-7,9,14,24H,4-5,8H2,1-3H3,(H2,19,21,22). The third kappa shape index (κ3) is 3.27. The van der Waals surface area contributed by atoms with Crippen molar-refractivity contribution in [2.45, 2.75) is 32.9 Å². The van der Waals surface area contributed by atoms with Gasteiger partial charge in [-0.2, -0.15) is 4.98 Å². The molecule has 0 radical (unpaired) electrons. The Labute approximate surface area is 151 Å². The van der Waals surface area contributed by atoms with Gasteiger partial charge in [0.05, 0.1) is 23.7 Å². The van der Waals surface area contributed by atoms with E-state index >= 15 is 0 Å². The minimum Gasteiger partial charge on any atom is -0.396 e. The number of ether oxygens (including phenoxy) is 1. The number of halogens is 1. The van der Waals surface area contributed by atoms with E-state index in [1.807, 2.05) is 23.9 Å². The van der Waals surface area contributed by atoms with Gasteiger partial charge in [-0.3, -0.25) is 4.99 Å². The lowest BCUT2D eigenvalue weighted by Crippen LogP contribution is -2.27. The molecule has 1 aliphatic rings. The van der Waals surface area contributed by atoms with Crippen LogP contribution in [0, 0.1) is 5.92 Å². The van der Waals surface area contributed by atoms with Crippen molar-refractivity contribution < 1.29 is 9.84 Å². The number of nitrogen functional groups attached to an aromatic ring is 1. The van der Waals surface area contributed by atoms with E-state index < -0.39 is 0 Å². The average Bonchev–Trinajstić information content (AvgIpc) is 2.89. The van der Waals surface area contributed by atoms with Crippen molar-refractivity contribution in [3.63, 3.8) is 0 Å². The molecule has 0 aromatic carbocycles. The first-order valence-corrected chi connectivity index (χ1v) is 8.52. The maximum absolute atomic E-state index is 9.33. The number of aromatic nitrogens is 3. The Morgan fingerprint density at radius 2 is 2.16 bits per heavy atom. The Morgan fingerprint density at radius 3 is 2.84 bits per heavy atom. The second-order valence-electron chi connectivity index (χ2n) is 6.25. The molecule has 0 aliphatic carbocycles. The molecule has 2 aromatic heterocycles. The number of anilines is 1. The molecule has 0 fully saturated rings. The molecule has 0 saturated heterocycles. The summed E-state index contributed by atoms with van der Waals surface area (Å²) in [6, 6.07) is 0. The molecular weight excluding hydrogens is 342 g/mol. The van der Waals surface area contributed by atoms with E-state index in [-0.39, 0.29) is 24.6 Å². The minimum atomic E-state index is 0.00882. The summed E-state index contributed by atoms with van der Waals surface area (Å²) in [7, 11) is 1.71. The lowest BCUT2D eigenvalue weighted by atomic mass is 9.95. The van der Waals surface area contributed by atoms with Crippen molar-refractivity contribution in [1.82, 2.24) is 14.5 Å². The zero-order valence-electron chi connectivity index (χ0n) is 14.5. The number of aliphatic imine (C=N–C) groups is 1. The van der Waals surface area contributed by atoms with E-state index in [0.29, 0.717) is 23.8 Å². The number of hydrogen-bond donors (Lipinski definition) is 2. The summed E-state index contributed by atoms with van der Waals surface area (Å²) in [5.41, 5.74) is 9.31. The minimum absolute atomic E-state index is 0.00882. The quantitative estimate of drug-likeness (QED) is 0.793. The molecule has 2 unspecified atom stereocenters. The summed E-state index contributed by atoms with van der Waals surface area (Å²) >= 11 is 6.26. The fourth-order valence-corrected chi connectivity index (χ4v) is 3.62. The smallest absolute Gasteiger partial charge is 0.223 e. The molecular formula is C17H22ClN5O2. The molecule has 8 heteroatoms. The highest BCUT2D eigenvalue weighted by atomic mass is 35.5. The van der Waals surface area contributed by atoms with E-state index in [1.54, 1.807) is 7.11 Å². The van der Waals surface area contributed by atoms with E-state index in [0.717, 1.165) is 22.2 Å². The second kappa shape index (κ2) is 7.11. The molecule has 7 nitrogen and oxygen atoms in total. The number of methoxy groups -OCH3 is 1. The van der Waals surface area contributed by atoms with E-state index in [4.69, 9.17) is 22.1 Å². The van der Waals surface area contributed by atoms with Crippen LogP contribution in [0.25, 0.3) is 11.0 Å². The van der Waals surface area contributed by atoms with Crippen molar-refractivity contribution in [3.05, 3.63) is 28.2 Å². The molecule has 3 heterocycles. The molecule has 0 saturated carbocycles. The van der Waals surface area contributed by atoms with E-state index in [2.05, 4.69) is 21.9 Å². The van der Waals surface area contributed by atoms with Crippen LogP contribution in [0.5, 0.6) is 0 Å². The van der Waals surface area contributed by atoms with Crippen molar-refractivity contribution >= 4 is 34.8 Å². The topological polar surface area (TPSA) is 98.5 Å². The third-order valence-corrected chi connectivity index (χ3v) is 4.82. The number of hydrogen-bond acceptors (Lipinski definition) is 6. The van der Waals surface area contributed by atoms with Gasteiger partial charge in [-0.1, -0.05) is 18.5 Å². The van der Waals surface area contributed by atoms with Gasteiger partial charge in [0, 0.05) is 32.0 Å². The number of aliphatic hydroxyl groups is 1. The van der Waals surface area contributed by atoms with Gasteiger partial charge in [0.2, 0.25) is 5.95 Å². The van der Waals surface area contributed by atoms with Crippen molar-refractivity contribution in [1.29, 1.82) is 0 Å². The maximum Gasteiger partial charge on any atom is 0.223 e. The van der Waals surface area contributed by atoms with Gasteiger partial charge in [0.15, 0.2) is 0 Å². The Kier molecular flexibility index (Phi) is 5.08. The predicted molar refractivity (Wildman–Crippen MR) is 98.9 cm³/mol. The van der Waals surface area contributed by atoms with Gasteiger partial charge in [-0.05, 0) is 24.5 Å². The van der Waals surface area contributed by atoms with Crippen molar-refractivity contribution in [3.8, 4) is 0 Å². The molecule has 3 N–H and O–H groups in total. The highest BCUT2D eigenvalue weighted by Gasteiger charge is 2.24. The van der Waals surface area contributed by atoms with Crippen LogP contribution in [0.4, 0.5) is 5.95 Å². The highest BCUT2D eigenvalue weighted by Crippen LogP contribution is 2.30. The zero-order chi connectivity index (χ0) is 18.1. The monoisotopic (exact) mass is 363 g/mol. The molecule has 2 atom stereocenters. The Morgan fingerprint density at radius 1 is 1.40 bits per heavy atom. The van der Waals surface area contributed by atoms with Crippen molar-refractivity contribution in [2.75, 3.05) is 19.5 Å². The van der Waals surface area contributed by atoms with Crippen LogP contribution in [0.1, 0.15) is 19.4 Å². The molecule has 0 amide bonds. The van der Waals surface area contributed by atoms with Gasteiger partial charge in [-0.25, -0.2) is 4.98 Å². The Balaban J connectivity index is 2.07. The van der Waals surface area contributed by atoms with Crippen LogP contribution < -0.4 is 5.73 Å². The third-order valence-electron chi connectivity index (χ3n) is 4.55. The number of rotatable bonds is 5. The predicted octanol–water partition coefficient (Wildman–Crippen LogP) is 2.21. The fraction of sp³-hybridized carbons (Fsp3) is 0.471. The van der Waals surface area contributed by atoms with Crippen LogP contribution in [0.2, 0.25) is 5.15 Å². The van der Waals surface area contributed by atoms with Crippen LogP contribution in [0.3, 0.4) is 0 Å². The van der Waals surface area contributed by atoms with E-state index in [1.165, 1.54) is 0 Å². The van der Waals surface area contributed by atoms with Gasteiger partial charge in [0.1, 0.15) is 10.8 Å². The first-order chi connectivity index (χ1) is 12.0. The summed E-state index contributed by atoms with van der Waals surface area (Å²) in [5.74, 6) is 0.348. The van der Waals surface area contributed by atoms with Crippen molar-refractivity contribution in [2.24, 2.45) is 10.9 Å². The van der Waals surface area contributed by atoms with Crippen LogP contribution >= 0.6 is 11.6 Å². The first kappa shape index (κ1) is 17.8. The number of fused-ring (bicyclic) bond motifs is 1. The average molecular weight is 364 g/mol. The lowest BCUT2D eigenvalue weighted by Gasteiger charge is -2.26.